The minimum Gasteiger partial charge on any atom is -0.376 e. The Morgan fingerprint density at radius 1 is 0.303 bits per heavy atom. The normalized spacial score (nSPS) is 21.5. The van der Waals surface area contributed by atoms with Gasteiger partial charge in [-0.3, -0.25) is 0 Å². The molecule has 9 aliphatic heterocycles. The van der Waals surface area contributed by atoms with Crippen molar-refractivity contribution in [2.75, 3.05) is 136 Å². The van der Waals surface area contributed by atoms with E-state index in [4.69, 9.17) is 37.9 Å². The van der Waals surface area contributed by atoms with Gasteiger partial charge in [-0.25, -0.2) is 0 Å². The molecule has 9 saturated heterocycles. The van der Waals surface area contributed by atoms with Crippen molar-refractivity contribution in [3.05, 3.63) is 0 Å². The minimum atomic E-state index is 0.0544. The fourth-order valence-electron chi connectivity index (χ4n) is 8.50. The summed E-state index contributed by atoms with van der Waals surface area (Å²) < 4.78 is 42.7. The van der Waals surface area contributed by atoms with Crippen molar-refractivity contribution in [1.29, 1.82) is 0 Å². The van der Waals surface area contributed by atoms with Crippen LogP contribution in [0.2, 0.25) is 0 Å². The smallest absolute Gasteiger partial charge is 0.159 e. The van der Waals surface area contributed by atoms with Gasteiger partial charge in [0, 0.05) is 49.8 Å². The minimum absolute atomic E-state index is 0.0544. The molecule has 612 valence electrons. The van der Waals surface area contributed by atoms with Gasteiger partial charge < -0.3 is 48.5 Å². The quantitative estimate of drug-likeness (QED) is 0.229. The molecule has 18 heteroatoms. The van der Waals surface area contributed by atoms with E-state index in [2.05, 4.69) is 229 Å². The average molecular weight is 1570 g/mol. The number of hydrogen-bond donors (Lipinski definition) is 2. The van der Waals surface area contributed by atoms with Crippen LogP contribution in [0, 0.1) is 65.1 Å². The van der Waals surface area contributed by atoms with Crippen LogP contribution in [-0.4, -0.2) is 175 Å². The van der Waals surface area contributed by atoms with Crippen molar-refractivity contribution >= 4 is 94.1 Å². The first kappa shape index (κ1) is 120. The zero-order chi connectivity index (χ0) is 78.2. The van der Waals surface area contributed by atoms with Gasteiger partial charge in [-0.15, -0.1) is 35.3 Å². The lowest BCUT2D eigenvalue weighted by atomic mass is 9.98. The second-order valence-electron chi connectivity index (χ2n) is 25.1. The van der Waals surface area contributed by atoms with Crippen molar-refractivity contribution in [2.45, 2.75) is 321 Å². The van der Waals surface area contributed by atoms with E-state index in [0.29, 0.717) is 67.5 Å². The van der Waals surface area contributed by atoms with Crippen molar-refractivity contribution in [3.8, 4) is 0 Å². The molecule has 99 heavy (non-hydrogen) atoms. The number of rotatable bonds is 9. The van der Waals surface area contributed by atoms with Gasteiger partial charge in [0.15, 0.2) is 6.29 Å². The maximum atomic E-state index is 5.41. The Balaban J connectivity index is -0.000000128. The lowest BCUT2D eigenvalue weighted by Gasteiger charge is -2.27. The lowest BCUT2D eigenvalue weighted by Crippen LogP contribution is -2.51. The second-order valence-corrected chi connectivity index (χ2v) is 35.5. The summed E-state index contributed by atoms with van der Waals surface area (Å²) in [5.74, 6) is 19.3. The SMILES string of the molecule is CC.CC.CC.CC.CC.CC.CC.CC.CC.CC(C)C1CCOCO1.CC(C)C1CCSCS1.CC(C)C1COCCO1.CC(C)C1COCOC1.CC(C)C1CSCCS1.CC(C)C1CSCSC1.CC(C)C1NCCCN1.CC(C)C1OCCCO1.CC(C)C1SCCCS1. The number of hydrogen-bond acceptors (Lipinski definition) is 18. The van der Waals surface area contributed by atoms with Gasteiger partial charge in [-0.05, 0) is 127 Å². The van der Waals surface area contributed by atoms with E-state index in [1.165, 1.54) is 88.5 Å². The Labute approximate surface area is 659 Å². The van der Waals surface area contributed by atoms with Crippen molar-refractivity contribution in [1.82, 2.24) is 10.6 Å². The molecule has 0 radical (unpaired) electrons. The molecule has 9 rings (SSSR count). The molecule has 0 aromatic rings. The third kappa shape index (κ3) is 79.8. The fourth-order valence-corrected chi connectivity index (χ4v) is 20.3. The van der Waals surface area contributed by atoms with Crippen molar-refractivity contribution in [3.63, 3.8) is 0 Å². The van der Waals surface area contributed by atoms with E-state index < -0.39 is 0 Å². The molecule has 0 bridgehead atoms. The predicted octanol–water partition coefficient (Wildman–Crippen LogP) is 25.8. The van der Waals surface area contributed by atoms with Crippen molar-refractivity contribution in [2.24, 2.45) is 65.1 Å². The number of thioether (sulfide) groups is 8. The van der Waals surface area contributed by atoms with Crippen LogP contribution in [0.1, 0.15) is 281 Å². The van der Waals surface area contributed by atoms with Crippen LogP contribution in [0.25, 0.3) is 0 Å². The van der Waals surface area contributed by atoms with Crippen LogP contribution >= 0.6 is 94.1 Å². The Morgan fingerprint density at radius 3 is 1.08 bits per heavy atom. The van der Waals surface area contributed by atoms with Crippen molar-refractivity contribution < 1.29 is 37.9 Å². The lowest BCUT2D eigenvalue weighted by molar-refractivity contribution is -0.198. The Hall–Kier alpha value is 2.40. The van der Waals surface area contributed by atoms with Gasteiger partial charge in [0.25, 0.3) is 0 Å². The molecule has 0 aliphatic carbocycles. The Morgan fingerprint density at radius 2 is 0.808 bits per heavy atom. The summed E-state index contributed by atoms with van der Waals surface area (Å²) in [6.07, 6.45) is 7.57. The zero-order valence-electron chi connectivity index (χ0n) is 73.0. The average Bonchev–Trinajstić information content (AvgIpc) is 3.85. The van der Waals surface area contributed by atoms with Gasteiger partial charge in [0.1, 0.15) is 13.6 Å². The van der Waals surface area contributed by atoms with Crippen LogP contribution in [0.5, 0.6) is 0 Å². The first-order chi connectivity index (χ1) is 47.7. The van der Waals surface area contributed by atoms with E-state index in [1.54, 1.807) is 0 Å². The molecule has 0 spiro atoms. The fraction of sp³-hybridized carbons (Fsp3) is 1.00. The van der Waals surface area contributed by atoms with Gasteiger partial charge in [-0.2, -0.15) is 58.8 Å². The standard InChI is InChI=1S/C7H16N2.4C7H14O2.4C7H14S2.9C2H6/c1-6(2)7-8-4-3-5-9-7;1-6(2)7-3-8-5-9-4-7;1-6(2)7-5-8-3-4-9-7;1-6(2)7-3-4-8-5-9-7;1-6(2)7-8-4-3-5-9-7;1-6(2)7-3-8-5-9-4-7;1-6(2)7-5-8-3-4-9-7;1-6(2)7-3-4-8-5-9-7;1-6(2)7-8-4-3-5-9-7;9*1-2/h6-9H,3-5H2,1-2H3;8*6-7H,3-5H2,1-2H3;9*1-2H3. The van der Waals surface area contributed by atoms with Gasteiger partial charge in [0.05, 0.1) is 75.8 Å². The molecule has 10 nitrogen and oxygen atoms in total. The maximum absolute atomic E-state index is 5.41. The van der Waals surface area contributed by atoms with E-state index in [-0.39, 0.29) is 6.29 Å². The summed E-state index contributed by atoms with van der Waals surface area (Å²) >= 11 is 16.9. The first-order valence-corrected chi connectivity index (χ1v) is 49.6. The van der Waals surface area contributed by atoms with E-state index in [0.717, 1.165) is 110 Å². The Kier molecular flexibility index (Phi) is 117. The zero-order valence-corrected chi connectivity index (χ0v) is 79.5. The molecule has 9 fully saturated rings. The summed E-state index contributed by atoms with van der Waals surface area (Å²) in [5, 5.41) is 11.3. The molecule has 2 N–H and O–H groups in total. The summed E-state index contributed by atoms with van der Waals surface area (Å²) in [5.41, 5.74) is 0. The molecule has 4 unspecified atom stereocenters. The predicted molar refractivity (Wildman–Crippen MR) is 475 cm³/mol. The van der Waals surface area contributed by atoms with E-state index >= 15 is 0 Å². The molecule has 4 atom stereocenters. The van der Waals surface area contributed by atoms with E-state index in [9.17, 15) is 0 Å². The van der Waals surface area contributed by atoms with Crippen LogP contribution in [0.3, 0.4) is 0 Å². The van der Waals surface area contributed by atoms with Crippen LogP contribution in [0.15, 0.2) is 0 Å². The Bertz CT molecular complexity index is 1020. The summed E-state index contributed by atoms with van der Waals surface area (Å²) in [7, 11) is 0. The molecular weight excluding hydrogens is 1390 g/mol. The van der Waals surface area contributed by atoms with Gasteiger partial charge in [0.2, 0.25) is 0 Å². The molecule has 9 aliphatic rings. The van der Waals surface area contributed by atoms with Crippen LogP contribution < -0.4 is 10.6 Å². The maximum Gasteiger partial charge on any atom is 0.159 e. The molecule has 9 heterocycles. The summed E-state index contributed by atoms with van der Waals surface area (Å²) in [4.78, 5) is 0. The molecule has 0 aromatic heterocycles. The van der Waals surface area contributed by atoms with Crippen LogP contribution in [-0.2, 0) is 37.9 Å². The highest BCUT2D eigenvalue weighted by atomic mass is 32.2. The third-order valence-electron chi connectivity index (χ3n) is 14.6. The summed E-state index contributed by atoms with van der Waals surface area (Å²) in [6, 6.07) is 0. The molecular formula is C81H182N2O8S8. The monoisotopic (exact) mass is 1570 g/mol. The topological polar surface area (TPSA) is 97.9 Å². The van der Waals surface area contributed by atoms with Gasteiger partial charge >= 0.3 is 0 Å². The van der Waals surface area contributed by atoms with Crippen LogP contribution in [0.4, 0.5) is 0 Å². The highest BCUT2D eigenvalue weighted by Crippen LogP contribution is 2.36. The molecule has 0 aromatic carbocycles. The molecule has 0 saturated carbocycles. The highest BCUT2D eigenvalue weighted by molar-refractivity contribution is 8.18. The number of nitrogens with one attached hydrogen (secondary N) is 2. The second kappa shape index (κ2) is 96.5. The van der Waals surface area contributed by atoms with E-state index in [1.807, 2.05) is 125 Å². The highest BCUT2D eigenvalue weighted by Gasteiger charge is 2.23. The largest absolute Gasteiger partial charge is 0.376 e. The molecule has 0 amide bonds. The summed E-state index contributed by atoms with van der Waals surface area (Å²) in [6.45, 7) is 86.3. The number of ether oxygens (including phenoxy) is 8. The third-order valence-corrected chi connectivity index (χ3v) is 26.9. The van der Waals surface area contributed by atoms with Gasteiger partial charge in [-0.1, -0.05) is 249 Å². The first-order valence-electron chi connectivity index (χ1n) is 40.8.